The van der Waals surface area contributed by atoms with Gasteiger partial charge in [-0.05, 0) is 29.3 Å². The number of nitrogens with one attached hydrogen (secondary N) is 1. The molecule has 0 saturated carbocycles. The second-order valence-electron chi connectivity index (χ2n) is 3.64. The Morgan fingerprint density at radius 1 is 1.43 bits per heavy atom. The summed E-state index contributed by atoms with van der Waals surface area (Å²) in [4.78, 5) is 24.3. The zero-order chi connectivity index (χ0) is 15.7. The Balaban J connectivity index is 2.80. The Kier molecular flexibility index (Phi) is 6.04. The molecule has 0 bridgehead atoms. The molecular weight excluding hydrogens is 276 g/mol. The molecule has 0 atom stereocenters. The number of carbonyl (C=O) groups excluding carboxylic acids is 2. The smallest absolute Gasteiger partial charge is 0.411 e. The average molecular weight is 287 g/mol. The second kappa shape index (κ2) is 8.03. The van der Waals surface area contributed by atoms with Crippen molar-refractivity contribution in [2.75, 3.05) is 11.9 Å². The molecule has 108 valence electrons. The first-order chi connectivity index (χ1) is 10.1. The molecule has 0 heterocycles. The summed E-state index contributed by atoms with van der Waals surface area (Å²) in [7, 11) is 0. The van der Waals surface area contributed by atoms with Gasteiger partial charge in [-0.15, -0.1) is 0 Å². The van der Waals surface area contributed by atoms with Crippen molar-refractivity contribution < 1.29 is 19.4 Å². The molecule has 1 rings (SSSR count). The van der Waals surface area contributed by atoms with Gasteiger partial charge in [-0.1, -0.05) is 29.9 Å². The van der Waals surface area contributed by atoms with E-state index in [0.29, 0.717) is 11.3 Å². The number of amides is 1. The summed E-state index contributed by atoms with van der Waals surface area (Å²) in [6.07, 6.45) is 1.95. The van der Waals surface area contributed by atoms with Crippen LogP contribution in [0.3, 0.4) is 0 Å². The van der Waals surface area contributed by atoms with Crippen LogP contribution in [0.4, 0.5) is 10.5 Å². The summed E-state index contributed by atoms with van der Waals surface area (Å²) in [5.74, 6) is -1.58. The molecule has 8 heteroatoms. The predicted molar refractivity (Wildman–Crippen MR) is 73.7 cm³/mol. The van der Waals surface area contributed by atoms with Crippen molar-refractivity contribution >= 4 is 23.8 Å². The summed E-state index contributed by atoms with van der Waals surface area (Å²) in [5.41, 5.74) is 8.62. The lowest BCUT2D eigenvalue weighted by Crippen LogP contribution is -2.23. The zero-order valence-electron chi connectivity index (χ0n) is 10.9. The zero-order valence-corrected chi connectivity index (χ0v) is 10.9. The summed E-state index contributed by atoms with van der Waals surface area (Å²) in [6, 6.07) is 6.12. The van der Waals surface area contributed by atoms with Crippen molar-refractivity contribution in [3.05, 3.63) is 58.6 Å². The predicted octanol–water partition coefficient (Wildman–Crippen LogP) is 1.82. The number of hydrogen-bond donors (Lipinski definition) is 1. The average Bonchev–Trinajstić information content (AvgIpc) is 2.46. The SMILES string of the molecule is C=CCOC(=O)Nc1ccc(/C=C(/N=[N+]=[N-])C(=O)[O-])cc1. The molecule has 1 aromatic rings. The first kappa shape index (κ1) is 15.8. The highest BCUT2D eigenvalue weighted by Crippen LogP contribution is 2.13. The van der Waals surface area contributed by atoms with E-state index < -0.39 is 17.8 Å². The van der Waals surface area contributed by atoms with E-state index >= 15 is 0 Å². The minimum atomic E-state index is -1.58. The van der Waals surface area contributed by atoms with Crippen LogP contribution >= 0.6 is 0 Å². The van der Waals surface area contributed by atoms with Crippen LogP contribution < -0.4 is 10.4 Å². The van der Waals surface area contributed by atoms with Crippen LogP contribution in [0.2, 0.25) is 0 Å². The van der Waals surface area contributed by atoms with Gasteiger partial charge in [0.1, 0.15) is 6.61 Å². The lowest BCUT2D eigenvalue weighted by atomic mass is 10.2. The number of ether oxygens (including phenoxy) is 1. The van der Waals surface area contributed by atoms with E-state index in [2.05, 4.69) is 21.9 Å². The summed E-state index contributed by atoms with van der Waals surface area (Å²) >= 11 is 0. The van der Waals surface area contributed by atoms with Crippen LogP contribution in [-0.4, -0.2) is 18.7 Å². The third kappa shape index (κ3) is 5.50. The second-order valence-corrected chi connectivity index (χ2v) is 3.64. The van der Waals surface area contributed by atoms with Crippen LogP contribution in [0, 0.1) is 0 Å². The highest BCUT2D eigenvalue weighted by molar-refractivity contribution is 5.90. The number of hydrogen-bond acceptors (Lipinski definition) is 5. The van der Waals surface area contributed by atoms with Gasteiger partial charge in [-0.25, -0.2) is 4.79 Å². The quantitative estimate of drug-likeness (QED) is 0.281. The molecule has 1 amide bonds. The molecule has 0 fully saturated rings. The van der Waals surface area contributed by atoms with Crippen LogP contribution in [-0.2, 0) is 9.53 Å². The minimum Gasteiger partial charge on any atom is -0.545 e. The fraction of sp³-hybridized carbons (Fsp3) is 0.0769. The Morgan fingerprint density at radius 3 is 2.62 bits per heavy atom. The molecule has 8 nitrogen and oxygen atoms in total. The van der Waals surface area contributed by atoms with Crippen LogP contribution in [0.25, 0.3) is 16.5 Å². The number of anilines is 1. The van der Waals surface area contributed by atoms with Crippen LogP contribution in [0.5, 0.6) is 0 Å². The maximum Gasteiger partial charge on any atom is 0.411 e. The van der Waals surface area contributed by atoms with Crippen molar-refractivity contribution in [2.45, 2.75) is 0 Å². The monoisotopic (exact) mass is 287 g/mol. The number of rotatable bonds is 6. The van der Waals surface area contributed by atoms with Gasteiger partial charge < -0.3 is 14.6 Å². The topological polar surface area (TPSA) is 127 Å². The van der Waals surface area contributed by atoms with Crippen LogP contribution in [0.15, 0.2) is 47.7 Å². The van der Waals surface area contributed by atoms with Gasteiger partial charge in [0.05, 0.1) is 11.7 Å². The number of carboxylic acid groups (broad SMARTS) is 1. The van der Waals surface area contributed by atoms with E-state index in [1.807, 2.05) is 0 Å². The summed E-state index contributed by atoms with van der Waals surface area (Å²) in [5, 5.41) is 16.1. The van der Waals surface area contributed by atoms with Gasteiger partial charge in [-0.2, -0.15) is 0 Å². The largest absolute Gasteiger partial charge is 0.545 e. The maximum absolute atomic E-state index is 11.3. The maximum atomic E-state index is 11.3. The van der Waals surface area contributed by atoms with Crippen molar-refractivity contribution in [1.82, 2.24) is 0 Å². The van der Waals surface area contributed by atoms with E-state index in [9.17, 15) is 14.7 Å². The van der Waals surface area contributed by atoms with Gasteiger partial charge in [0.25, 0.3) is 0 Å². The summed E-state index contributed by atoms with van der Waals surface area (Å²) in [6.45, 7) is 3.50. The third-order valence-electron chi connectivity index (χ3n) is 2.15. The molecule has 0 saturated heterocycles. The third-order valence-corrected chi connectivity index (χ3v) is 2.15. The molecule has 1 aromatic carbocycles. The normalized spacial score (nSPS) is 10.2. The van der Waals surface area contributed by atoms with E-state index in [1.165, 1.54) is 30.3 Å². The molecule has 1 N–H and O–H groups in total. The Hall–Kier alpha value is -3.25. The first-order valence-corrected chi connectivity index (χ1v) is 5.69. The van der Waals surface area contributed by atoms with Crippen molar-refractivity contribution in [3.8, 4) is 0 Å². The molecule has 0 aliphatic carbocycles. The summed E-state index contributed by atoms with van der Waals surface area (Å²) < 4.78 is 4.73. The number of azide groups is 1. The lowest BCUT2D eigenvalue weighted by Gasteiger charge is -2.06. The molecule has 0 aliphatic heterocycles. The van der Waals surface area contributed by atoms with Crippen molar-refractivity contribution in [2.24, 2.45) is 5.11 Å². The van der Waals surface area contributed by atoms with Gasteiger partial charge >= 0.3 is 6.09 Å². The number of carboxylic acids is 1. The molecular formula is C13H11N4O4-. The number of benzene rings is 1. The lowest BCUT2D eigenvalue weighted by molar-refractivity contribution is -0.299. The fourth-order valence-electron chi connectivity index (χ4n) is 1.29. The van der Waals surface area contributed by atoms with E-state index in [-0.39, 0.29) is 6.61 Å². The van der Waals surface area contributed by atoms with E-state index in [4.69, 9.17) is 10.3 Å². The highest BCUT2D eigenvalue weighted by atomic mass is 16.5. The van der Waals surface area contributed by atoms with Gasteiger partial charge in [0.15, 0.2) is 0 Å². The van der Waals surface area contributed by atoms with Gasteiger partial charge in [0, 0.05) is 10.6 Å². The van der Waals surface area contributed by atoms with Gasteiger partial charge in [-0.3, -0.25) is 5.32 Å². The molecule has 0 aliphatic rings. The van der Waals surface area contributed by atoms with Crippen molar-refractivity contribution in [1.29, 1.82) is 0 Å². The van der Waals surface area contributed by atoms with Crippen molar-refractivity contribution in [3.63, 3.8) is 0 Å². The molecule has 0 radical (unpaired) electrons. The highest BCUT2D eigenvalue weighted by Gasteiger charge is 2.02. The molecule has 0 spiro atoms. The molecule has 0 unspecified atom stereocenters. The standard InChI is InChI=1S/C13H12N4O4/c1-2-7-21-13(20)15-10-5-3-9(4-6-10)8-11(12(18)19)16-17-14/h2-6,8H,1,7H2,(H,15,20)(H,18,19)/p-1/b11-8+. The minimum absolute atomic E-state index is 0.0911. The molecule has 21 heavy (non-hydrogen) atoms. The van der Waals surface area contributed by atoms with E-state index in [0.717, 1.165) is 6.08 Å². The Bertz CT molecular complexity index is 612. The Morgan fingerprint density at radius 2 is 2.10 bits per heavy atom. The van der Waals surface area contributed by atoms with Crippen LogP contribution in [0.1, 0.15) is 5.56 Å². The first-order valence-electron chi connectivity index (χ1n) is 5.69. The van der Waals surface area contributed by atoms with Gasteiger partial charge in [0.2, 0.25) is 0 Å². The number of aliphatic carboxylic acids is 1. The fourth-order valence-corrected chi connectivity index (χ4v) is 1.29. The molecule has 0 aromatic heterocycles. The van der Waals surface area contributed by atoms with E-state index in [1.54, 1.807) is 0 Å². The number of carbonyl (C=O) groups is 2. The number of nitrogens with zero attached hydrogens (tertiary/aromatic N) is 3. The Labute approximate surface area is 120 Å².